The van der Waals surface area contributed by atoms with E-state index in [0.29, 0.717) is 5.56 Å². The summed E-state index contributed by atoms with van der Waals surface area (Å²) < 4.78 is 5.01. The quantitative estimate of drug-likeness (QED) is 0.742. The van der Waals surface area contributed by atoms with Gasteiger partial charge >= 0.3 is 5.97 Å². The summed E-state index contributed by atoms with van der Waals surface area (Å²) in [5.41, 5.74) is 6.11. The average molecular weight is 294 g/mol. The minimum absolute atomic E-state index is 0.240. The smallest absolute Gasteiger partial charge is 0.321 e. The summed E-state index contributed by atoms with van der Waals surface area (Å²) in [7, 11) is 0. The third-order valence-corrected chi connectivity index (χ3v) is 3.09. The molecule has 21 heavy (non-hydrogen) atoms. The van der Waals surface area contributed by atoms with Gasteiger partial charge in [0.2, 0.25) is 0 Å². The molecule has 0 bridgehead atoms. The summed E-state index contributed by atoms with van der Waals surface area (Å²) in [5, 5.41) is 11.9. The Hall–Kier alpha value is -1.76. The number of aliphatic carboxylic acids is 1. The van der Waals surface area contributed by atoms with Crippen LogP contribution in [0, 0.1) is 0 Å². The molecule has 0 aromatic heterocycles. The maximum absolute atomic E-state index is 11.3. The lowest BCUT2D eigenvalue weighted by atomic mass is 9.89. The molecule has 1 aliphatic heterocycles. The van der Waals surface area contributed by atoms with Crippen LogP contribution in [0.5, 0.6) is 0 Å². The van der Waals surface area contributed by atoms with Crippen molar-refractivity contribution in [2.45, 2.75) is 18.9 Å². The van der Waals surface area contributed by atoms with E-state index in [2.05, 4.69) is 5.32 Å². The largest absolute Gasteiger partial charge is 0.480 e. The van der Waals surface area contributed by atoms with Gasteiger partial charge in [-0.05, 0) is 12.5 Å². The number of hydrogen-bond donors (Lipinski definition) is 3. The van der Waals surface area contributed by atoms with Gasteiger partial charge < -0.3 is 20.9 Å². The lowest BCUT2D eigenvalue weighted by Gasteiger charge is -2.18. The first kappa shape index (κ1) is 17.3. The monoisotopic (exact) mass is 294 g/mol. The SMILES string of the molecule is C1COCCN1.CC(=O)C(c1ccccc1)[C@H](N)C(=O)O. The Morgan fingerprint density at radius 3 is 2.14 bits per heavy atom. The van der Waals surface area contributed by atoms with Crippen LogP contribution >= 0.6 is 0 Å². The number of hydrogen-bond acceptors (Lipinski definition) is 5. The van der Waals surface area contributed by atoms with Crippen molar-refractivity contribution in [1.29, 1.82) is 0 Å². The van der Waals surface area contributed by atoms with Gasteiger partial charge in [-0.25, -0.2) is 0 Å². The second-order valence-electron chi connectivity index (χ2n) is 4.73. The van der Waals surface area contributed by atoms with Crippen molar-refractivity contribution >= 4 is 11.8 Å². The van der Waals surface area contributed by atoms with Crippen LogP contribution in [0.4, 0.5) is 0 Å². The molecule has 1 heterocycles. The molecule has 2 atom stereocenters. The fraction of sp³-hybridized carbons (Fsp3) is 0.467. The van der Waals surface area contributed by atoms with Crippen LogP contribution in [0.1, 0.15) is 18.4 Å². The first-order chi connectivity index (χ1) is 10.0. The van der Waals surface area contributed by atoms with E-state index in [0.717, 1.165) is 26.3 Å². The zero-order valence-electron chi connectivity index (χ0n) is 12.1. The molecule has 1 fully saturated rings. The minimum atomic E-state index is -1.19. The summed E-state index contributed by atoms with van der Waals surface area (Å²) in [4.78, 5) is 22.1. The summed E-state index contributed by atoms with van der Waals surface area (Å²) >= 11 is 0. The minimum Gasteiger partial charge on any atom is -0.480 e. The summed E-state index contributed by atoms with van der Waals surface area (Å²) in [6.07, 6.45) is 0. The number of morpholine rings is 1. The van der Waals surface area contributed by atoms with Gasteiger partial charge in [-0.3, -0.25) is 9.59 Å². The molecule has 2 rings (SSSR count). The van der Waals surface area contributed by atoms with Crippen LogP contribution in [0.15, 0.2) is 30.3 Å². The Kier molecular flexibility index (Phi) is 7.60. The van der Waals surface area contributed by atoms with Gasteiger partial charge in [-0.2, -0.15) is 0 Å². The first-order valence-electron chi connectivity index (χ1n) is 6.86. The van der Waals surface area contributed by atoms with Gasteiger partial charge in [-0.1, -0.05) is 30.3 Å². The standard InChI is InChI=1S/C11H13NO3.C4H9NO/c1-7(13)9(10(12)11(14)15)8-5-3-2-4-6-8;1-3-6-4-2-5-1/h2-6,9-10H,12H2,1H3,(H,14,15);5H,1-4H2/t9?,10-;/m0./s1. The Morgan fingerprint density at radius 1 is 1.24 bits per heavy atom. The zero-order chi connectivity index (χ0) is 15.7. The highest BCUT2D eigenvalue weighted by Gasteiger charge is 2.29. The van der Waals surface area contributed by atoms with E-state index in [1.54, 1.807) is 30.3 Å². The average Bonchev–Trinajstić information content (AvgIpc) is 2.50. The van der Waals surface area contributed by atoms with Crippen LogP contribution < -0.4 is 11.1 Å². The lowest BCUT2D eigenvalue weighted by Crippen LogP contribution is -2.39. The van der Waals surface area contributed by atoms with Crippen molar-refractivity contribution in [1.82, 2.24) is 5.32 Å². The fourth-order valence-electron chi connectivity index (χ4n) is 2.01. The highest BCUT2D eigenvalue weighted by atomic mass is 16.5. The highest BCUT2D eigenvalue weighted by molar-refractivity contribution is 5.90. The van der Waals surface area contributed by atoms with Crippen molar-refractivity contribution in [3.8, 4) is 0 Å². The molecular weight excluding hydrogens is 272 g/mol. The zero-order valence-corrected chi connectivity index (χ0v) is 12.1. The molecule has 1 aromatic carbocycles. The number of nitrogens with one attached hydrogen (secondary N) is 1. The molecule has 1 aromatic rings. The highest BCUT2D eigenvalue weighted by Crippen LogP contribution is 2.19. The van der Waals surface area contributed by atoms with Gasteiger partial charge in [0.05, 0.1) is 19.1 Å². The molecule has 0 saturated carbocycles. The summed E-state index contributed by atoms with van der Waals surface area (Å²) in [6, 6.07) is 7.51. The summed E-state index contributed by atoms with van der Waals surface area (Å²) in [5.74, 6) is -2.18. The van der Waals surface area contributed by atoms with Gasteiger partial charge in [0.1, 0.15) is 11.8 Å². The molecule has 0 radical (unpaired) electrons. The van der Waals surface area contributed by atoms with E-state index < -0.39 is 17.9 Å². The Labute approximate surface area is 124 Å². The predicted molar refractivity (Wildman–Crippen MR) is 79.2 cm³/mol. The van der Waals surface area contributed by atoms with Crippen LogP contribution in [-0.2, 0) is 14.3 Å². The van der Waals surface area contributed by atoms with E-state index in [1.807, 2.05) is 0 Å². The predicted octanol–water partition coefficient (Wildman–Crippen LogP) is 0.377. The number of benzene rings is 1. The van der Waals surface area contributed by atoms with E-state index in [-0.39, 0.29) is 5.78 Å². The van der Waals surface area contributed by atoms with Crippen molar-refractivity contribution in [3.05, 3.63) is 35.9 Å². The van der Waals surface area contributed by atoms with Crippen LogP contribution in [0.3, 0.4) is 0 Å². The normalized spacial score (nSPS) is 17.0. The van der Waals surface area contributed by atoms with Crippen LogP contribution in [0.2, 0.25) is 0 Å². The molecule has 6 heteroatoms. The number of carbonyl (C=O) groups is 2. The maximum Gasteiger partial charge on any atom is 0.321 e. The molecule has 0 spiro atoms. The topological polar surface area (TPSA) is 102 Å². The lowest BCUT2D eigenvalue weighted by molar-refractivity contribution is -0.140. The van der Waals surface area contributed by atoms with Crippen molar-refractivity contribution < 1.29 is 19.4 Å². The summed E-state index contributed by atoms with van der Waals surface area (Å²) in [6.45, 7) is 5.18. The number of ether oxygens (including phenoxy) is 1. The van der Waals surface area contributed by atoms with E-state index in [4.69, 9.17) is 15.6 Å². The number of Topliss-reactive ketones (excluding diaryl/α,β-unsaturated/α-hetero) is 1. The van der Waals surface area contributed by atoms with Gasteiger partial charge in [0, 0.05) is 13.1 Å². The van der Waals surface area contributed by atoms with Crippen LogP contribution in [-0.4, -0.2) is 49.2 Å². The molecule has 1 unspecified atom stereocenters. The molecule has 0 amide bonds. The second kappa shape index (κ2) is 9.23. The molecule has 4 N–H and O–H groups in total. The van der Waals surface area contributed by atoms with Gasteiger partial charge in [0.25, 0.3) is 0 Å². The maximum atomic E-state index is 11.3. The third kappa shape index (κ3) is 6.03. The van der Waals surface area contributed by atoms with Crippen molar-refractivity contribution in [2.24, 2.45) is 5.73 Å². The van der Waals surface area contributed by atoms with Crippen LogP contribution in [0.25, 0.3) is 0 Å². The molecule has 0 aliphatic carbocycles. The second-order valence-corrected chi connectivity index (χ2v) is 4.73. The number of ketones is 1. The third-order valence-electron chi connectivity index (χ3n) is 3.09. The van der Waals surface area contributed by atoms with Crippen molar-refractivity contribution in [2.75, 3.05) is 26.3 Å². The van der Waals surface area contributed by atoms with Crippen molar-refractivity contribution in [3.63, 3.8) is 0 Å². The van der Waals surface area contributed by atoms with Gasteiger partial charge in [0.15, 0.2) is 0 Å². The number of rotatable bonds is 4. The Balaban J connectivity index is 0.000000304. The van der Waals surface area contributed by atoms with Gasteiger partial charge in [-0.15, -0.1) is 0 Å². The van der Waals surface area contributed by atoms with E-state index in [1.165, 1.54) is 6.92 Å². The Morgan fingerprint density at radius 2 is 1.81 bits per heavy atom. The molecule has 1 aliphatic rings. The first-order valence-corrected chi connectivity index (χ1v) is 6.86. The van der Waals surface area contributed by atoms with E-state index >= 15 is 0 Å². The fourth-order valence-corrected chi connectivity index (χ4v) is 2.01. The molecule has 116 valence electrons. The molecule has 1 saturated heterocycles. The number of nitrogens with two attached hydrogens (primary N) is 1. The number of carboxylic acids is 1. The number of carbonyl (C=O) groups excluding carboxylic acids is 1. The Bertz CT molecular complexity index is 435. The molecular formula is C15H22N2O4. The van der Waals surface area contributed by atoms with E-state index in [9.17, 15) is 9.59 Å². The molecule has 6 nitrogen and oxygen atoms in total. The number of carboxylic acid groups (broad SMARTS) is 1.